The molecule has 0 aliphatic heterocycles. The van der Waals surface area contributed by atoms with E-state index >= 15 is 0 Å². The molecule has 0 spiro atoms. The molecule has 19 heavy (non-hydrogen) atoms. The summed E-state index contributed by atoms with van der Waals surface area (Å²) < 4.78 is 14.0. The number of fused-ring (bicyclic) bond motifs is 1. The highest BCUT2D eigenvalue weighted by Crippen LogP contribution is 2.33. The lowest BCUT2D eigenvalue weighted by molar-refractivity contribution is 0.619. The predicted octanol–water partition coefficient (Wildman–Crippen LogP) is 5.41. The molecule has 0 bridgehead atoms. The summed E-state index contributed by atoms with van der Waals surface area (Å²) in [6.07, 6.45) is 3.51. The lowest BCUT2D eigenvalue weighted by Gasteiger charge is -2.12. The number of rotatable bonds is 2. The zero-order chi connectivity index (χ0) is 13.4. The van der Waals surface area contributed by atoms with Crippen molar-refractivity contribution in [2.75, 3.05) is 0 Å². The van der Waals surface area contributed by atoms with Crippen molar-refractivity contribution in [1.82, 2.24) is 0 Å². The Kier molecular flexibility index (Phi) is 3.64. The SMILES string of the molecule is Fc1cc(C(Cl)c2ccc3c(c2)CCC3)ccc1Br. The maximum absolute atomic E-state index is 13.6. The van der Waals surface area contributed by atoms with Gasteiger partial charge < -0.3 is 0 Å². The van der Waals surface area contributed by atoms with Crippen molar-refractivity contribution >= 4 is 27.5 Å². The van der Waals surface area contributed by atoms with Gasteiger partial charge in [0, 0.05) is 0 Å². The van der Waals surface area contributed by atoms with Crippen LogP contribution in [0.25, 0.3) is 0 Å². The van der Waals surface area contributed by atoms with Crippen LogP contribution in [0.3, 0.4) is 0 Å². The topological polar surface area (TPSA) is 0 Å². The highest BCUT2D eigenvalue weighted by atomic mass is 79.9. The van der Waals surface area contributed by atoms with Crippen LogP contribution in [0.4, 0.5) is 4.39 Å². The van der Waals surface area contributed by atoms with E-state index < -0.39 is 0 Å². The van der Waals surface area contributed by atoms with Crippen LogP contribution in [-0.2, 0) is 12.8 Å². The van der Waals surface area contributed by atoms with Crippen LogP contribution in [0.5, 0.6) is 0 Å². The molecule has 1 atom stereocenters. The third-order valence-corrected chi connectivity index (χ3v) is 4.80. The lowest BCUT2D eigenvalue weighted by Crippen LogP contribution is -1.96. The van der Waals surface area contributed by atoms with Crippen LogP contribution in [0, 0.1) is 5.82 Å². The molecule has 0 aromatic heterocycles. The Labute approximate surface area is 125 Å². The fraction of sp³-hybridized carbons (Fsp3) is 0.250. The second kappa shape index (κ2) is 5.26. The van der Waals surface area contributed by atoms with Crippen LogP contribution < -0.4 is 0 Å². The van der Waals surface area contributed by atoms with Crippen molar-refractivity contribution in [2.24, 2.45) is 0 Å². The molecule has 2 aromatic carbocycles. The van der Waals surface area contributed by atoms with E-state index in [4.69, 9.17) is 11.6 Å². The minimum absolute atomic E-state index is 0.274. The van der Waals surface area contributed by atoms with E-state index in [1.54, 1.807) is 6.07 Å². The zero-order valence-corrected chi connectivity index (χ0v) is 12.6. The van der Waals surface area contributed by atoms with Gasteiger partial charge in [0.1, 0.15) is 5.82 Å². The van der Waals surface area contributed by atoms with Crippen LogP contribution >= 0.6 is 27.5 Å². The Morgan fingerprint density at radius 2 is 1.68 bits per heavy atom. The van der Waals surface area contributed by atoms with Crippen LogP contribution in [-0.4, -0.2) is 0 Å². The molecule has 2 aromatic rings. The van der Waals surface area contributed by atoms with Gasteiger partial charge in [-0.25, -0.2) is 4.39 Å². The number of hydrogen-bond donors (Lipinski definition) is 0. The second-order valence-electron chi connectivity index (χ2n) is 4.92. The summed E-state index contributed by atoms with van der Waals surface area (Å²) in [4.78, 5) is 0. The monoisotopic (exact) mass is 338 g/mol. The maximum atomic E-state index is 13.6. The van der Waals surface area contributed by atoms with Crippen molar-refractivity contribution in [3.63, 3.8) is 0 Å². The molecule has 0 saturated carbocycles. The van der Waals surface area contributed by atoms with E-state index in [-0.39, 0.29) is 11.2 Å². The molecule has 3 rings (SSSR count). The Balaban J connectivity index is 1.94. The molecule has 0 N–H and O–H groups in total. The lowest BCUT2D eigenvalue weighted by atomic mass is 10.00. The number of halogens is 3. The molecule has 0 radical (unpaired) electrons. The molecule has 0 heterocycles. The van der Waals surface area contributed by atoms with E-state index in [1.807, 2.05) is 6.07 Å². The minimum atomic E-state index is -0.298. The number of aryl methyl sites for hydroxylation is 2. The van der Waals surface area contributed by atoms with E-state index in [0.29, 0.717) is 4.47 Å². The summed E-state index contributed by atoms with van der Waals surface area (Å²) in [5, 5.41) is -0.298. The first-order valence-electron chi connectivity index (χ1n) is 6.36. The molecule has 0 fully saturated rings. The summed E-state index contributed by atoms with van der Waals surface area (Å²) in [5.74, 6) is -0.274. The number of benzene rings is 2. The predicted molar refractivity (Wildman–Crippen MR) is 80.3 cm³/mol. The third-order valence-electron chi connectivity index (χ3n) is 3.65. The minimum Gasteiger partial charge on any atom is -0.206 e. The summed E-state index contributed by atoms with van der Waals surface area (Å²) in [7, 11) is 0. The first kappa shape index (κ1) is 13.1. The van der Waals surface area contributed by atoms with Gasteiger partial charge in [0.15, 0.2) is 0 Å². The smallest absolute Gasteiger partial charge is 0.137 e. The van der Waals surface area contributed by atoms with E-state index in [0.717, 1.165) is 24.0 Å². The Hall–Kier alpha value is -0.860. The van der Waals surface area contributed by atoms with Gasteiger partial charge in [-0.05, 0) is 69.6 Å². The Morgan fingerprint density at radius 3 is 2.47 bits per heavy atom. The number of alkyl halides is 1. The molecule has 0 amide bonds. The summed E-state index contributed by atoms with van der Waals surface area (Å²) >= 11 is 9.63. The van der Waals surface area contributed by atoms with E-state index in [2.05, 4.69) is 34.1 Å². The van der Waals surface area contributed by atoms with Gasteiger partial charge in [-0.1, -0.05) is 24.3 Å². The van der Waals surface area contributed by atoms with Gasteiger partial charge >= 0.3 is 0 Å². The average Bonchev–Trinajstić information content (AvgIpc) is 2.88. The first-order chi connectivity index (χ1) is 9.15. The fourth-order valence-electron chi connectivity index (χ4n) is 2.61. The van der Waals surface area contributed by atoms with Gasteiger partial charge in [0.2, 0.25) is 0 Å². The molecular formula is C16H13BrClF. The first-order valence-corrected chi connectivity index (χ1v) is 7.59. The molecule has 3 heteroatoms. The van der Waals surface area contributed by atoms with Crippen molar-refractivity contribution in [1.29, 1.82) is 0 Å². The molecule has 1 unspecified atom stereocenters. The summed E-state index contributed by atoms with van der Waals surface area (Å²) in [6, 6.07) is 11.4. The van der Waals surface area contributed by atoms with Crippen LogP contribution in [0.15, 0.2) is 40.9 Å². The van der Waals surface area contributed by atoms with Crippen LogP contribution in [0.1, 0.15) is 34.1 Å². The fourth-order valence-corrected chi connectivity index (χ4v) is 3.13. The van der Waals surface area contributed by atoms with Gasteiger partial charge in [0.25, 0.3) is 0 Å². The van der Waals surface area contributed by atoms with Gasteiger partial charge in [0.05, 0.1) is 9.85 Å². The number of hydrogen-bond acceptors (Lipinski definition) is 0. The molecule has 1 aliphatic rings. The standard InChI is InChI=1S/C16H13BrClF/c17-14-7-6-13(9-15(14)19)16(18)12-5-4-10-2-1-3-11(10)8-12/h4-9,16H,1-3H2. The quantitative estimate of drug-likeness (QED) is 0.642. The van der Waals surface area contributed by atoms with Crippen molar-refractivity contribution in [3.8, 4) is 0 Å². The van der Waals surface area contributed by atoms with Crippen LogP contribution in [0.2, 0.25) is 0 Å². The highest BCUT2D eigenvalue weighted by Gasteiger charge is 2.16. The van der Waals surface area contributed by atoms with Gasteiger partial charge in [-0.2, -0.15) is 0 Å². The van der Waals surface area contributed by atoms with Crippen molar-refractivity contribution in [3.05, 3.63) is 68.9 Å². The summed E-state index contributed by atoms with van der Waals surface area (Å²) in [6.45, 7) is 0. The Morgan fingerprint density at radius 1 is 1.00 bits per heavy atom. The Bertz CT molecular complexity index is 624. The van der Waals surface area contributed by atoms with Crippen molar-refractivity contribution < 1.29 is 4.39 Å². The highest BCUT2D eigenvalue weighted by molar-refractivity contribution is 9.10. The molecular weight excluding hydrogens is 327 g/mol. The molecule has 98 valence electrons. The maximum Gasteiger partial charge on any atom is 0.137 e. The average molecular weight is 340 g/mol. The zero-order valence-electron chi connectivity index (χ0n) is 10.3. The molecule has 1 aliphatic carbocycles. The molecule has 0 nitrogen and oxygen atoms in total. The third kappa shape index (κ3) is 2.56. The summed E-state index contributed by atoms with van der Waals surface area (Å²) in [5.41, 5.74) is 4.65. The van der Waals surface area contributed by atoms with E-state index in [1.165, 1.54) is 23.6 Å². The van der Waals surface area contributed by atoms with Gasteiger partial charge in [-0.15, -0.1) is 11.6 Å². The second-order valence-corrected chi connectivity index (χ2v) is 6.21. The van der Waals surface area contributed by atoms with Gasteiger partial charge in [-0.3, -0.25) is 0 Å². The largest absolute Gasteiger partial charge is 0.206 e. The molecule has 0 saturated heterocycles. The van der Waals surface area contributed by atoms with Crippen molar-refractivity contribution in [2.45, 2.75) is 24.6 Å². The van der Waals surface area contributed by atoms with E-state index in [9.17, 15) is 4.39 Å². The normalized spacial score (nSPS) is 15.3.